The van der Waals surface area contributed by atoms with Crippen molar-refractivity contribution in [2.75, 3.05) is 5.32 Å². The van der Waals surface area contributed by atoms with Crippen LogP contribution in [-0.2, 0) is 6.54 Å². The number of pyridine rings is 1. The minimum atomic E-state index is 0.716. The maximum absolute atomic E-state index is 6.14. The average Bonchev–Trinajstić information content (AvgIpc) is 2.81. The van der Waals surface area contributed by atoms with Gasteiger partial charge in [-0.05, 0) is 45.6 Å². The second-order valence-corrected chi connectivity index (χ2v) is 6.37. The molecule has 0 amide bonds. The quantitative estimate of drug-likeness (QED) is 0.689. The van der Waals surface area contributed by atoms with Crippen molar-refractivity contribution in [3.63, 3.8) is 0 Å². The molecule has 96 valence electrons. The Kier molecular flexibility index (Phi) is 3.73. The molecule has 0 atom stereocenters. The standard InChI is InChI=1S/C14H10BrClN2S/c15-11-3-5-19-13(11)8-18-12-7-10(16)6-9-2-1-4-17-14(9)12/h1-7,18H,8H2. The van der Waals surface area contributed by atoms with Gasteiger partial charge in [0, 0.05) is 26.0 Å². The normalized spacial score (nSPS) is 10.8. The van der Waals surface area contributed by atoms with E-state index >= 15 is 0 Å². The zero-order valence-electron chi connectivity index (χ0n) is 9.86. The van der Waals surface area contributed by atoms with Crippen LogP contribution in [0.3, 0.4) is 0 Å². The Morgan fingerprint density at radius 1 is 1.32 bits per heavy atom. The number of halogens is 2. The van der Waals surface area contributed by atoms with Gasteiger partial charge in [-0.25, -0.2) is 0 Å². The molecular formula is C14H10BrClN2S. The molecule has 19 heavy (non-hydrogen) atoms. The zero-order chi connectivity index (χ0) is 13.2. The third kappa shape index (κ3) is 2.76. The van der Waals surface area contributed by atoms with Crippen molar-refractivity contribution >= 4 is 55.5 Å². The number of hydrogen-bond donors (Lipinski definition) is 1. The Hall–Kier alpha value is -1.10. The lowest BCUT2D eigenvalue weighted by Gasteiger charge is -2.09. The second kappa shape index (κ2) is 5.49. The van der Waals surface area contributed by atoms with E-state index in [2.05, 4.69) is 37.7 Å². The molecule has 2 heterocycles. The summed E-state index contributed by atoms with van der Waals surface area (Å²) in [6, 6.07) is 9.82. The van der Waals surface area contributed by atoms with Crippen LogP contribution in [0.5, 0.6) is 0 Å². The number of aromatic nitrogens is 1. The van der Waals surface area contributed by atoms with Gasteiger partial charge in [-0.3, -0.25) is 4.98 Å². The van der Waals surface area contributed by atoms with Crippen molar-refractivity contribution in [1.82, 2.24) is 4.98 Å². The van der Waals surface area contributed by atoms with Gasteiger partial charge in [0.1, 0.15) is 0 Å². The van der Waals surface area contributed by atoms with E-state index in [4.69, 9.17) is 11.6 Å². The highest BCUT2D eigenvalue weighted by atomic mass is 79.9. The van der Waals surface area contributed by atoms with Crippen LogP contribution in [0, 0.1) is 0 Å². The highest BCUT2D eigenvalue weighted by molar-refractivity contribution is 9.10. The van der Waals surface area contributed by atoms with Crippen LogP contribution in [0.1, 0.15) is 4.88 Å². The monoisotopic (exact) mass is 352 g/mol. The van der Waals surface area contributed by atoms with Crippen LogP contribution >= 0.6 is 38.9 Å². The van der Waals surface area contributed by atoms with E-state index in [9.17, 15) is 0 Å². The van der Waals surface area contributed by atoms with Crippen molar-refractivity contribution in [1.29, 1.82) is 0 Å². The number of hydrogen-bond acceptors (Lipinski definition) is 3. The van der Waals surface area contributed by atoms with Gasteiger partial charge in [0.05, 0.1) is 17.7 Å². The molecule has 0 saturated heterocycles. The molecule has 0 aliphatic heterocycles. The molecule has 0 saturated carbocycles. The van der Waals surface area contributed by atoms with Crippen molar-refractivity contribution in [3.8, 4) is 0 Å². The first-order valence-corrected chi connectivity index (χ1v) is 7.79. The first-order valence-electron chi connectivity index (χ1n) is 5.74. The van der Waals surface area contributed by atoms with Crippen LogP contribution in [0.15, 0.2) is 46.4 Å². The molecule has 5 heteroatoms. The number of fused-ring (bicyclic) bond motifs is 1. The Morgan fingerprint density at radius 2 is 2.21 bits per heavy atom. The van der Waals surface area contributed by atoms with E-state index < -0.39 is 0 Å². The summed E-state index contributed by atoms with van der Waals surface area (Å²) in [7, 11) is 0. The number of benzene rings is 1. The Morgan fingerprint density at radius 3 is 3.00 bits per heavy atom. The van der Waals surface area contributed by atoms with Gasteiger partial charge in [0.25, 0.3) is 0 Å². The molecule has 1 aromatic carbocycles. The topological polar surface area (TPSA) is 24.9 Å². The zero-order valence-corrected chi connectivity index (χ0v) is 13.0. The third-order valence-electron chi connectivity index (χ3n) is 2.80. The minimum Gasteiger partial charge on any atom is -0.378 e. The Bertz CT molecular complexity index is 726. The number of nitrogens with zero attached hydrogens (tertiary/aromatic N) is 1. The number of thiophene rings is 1. The van der Waals surface area contributed by atoms with Crippen molar-refractivity contribution < 1.29 is 0 Å². The maximum atomic E-state index is 6.14. The van der Waals surface area contributed by atoms with E-state index in [1.807, 2.05) is 24.3 Å². The predicted octanol–water partition coefficient (Wildman–Crippen LogP) is 5.32. The van der Waals surface area contributed by atoms with Gasteiger partial charge in [-0.2, -0.15) is 0 Å². The number of rotatable bonds is 3. The summed E-state index contributed by atoms with van der Waals surface area (Å²) in [6.07, 6.45) is 1.79. The number of nitrogens with one attached hydrogen (secondary N) is 1. The molecular weight excluding hydrogens is 344 g/mol. The van der Waals surface area contributed by atoms with E-state index in [0.717, 1.165) is 27.6 Å². The predicted molar refractivity (Wildman–Crippen MR) is 86.1 cm³/mol. The van der Waals surface area contributed by atoms with Gasteiger partial charge in [-0.15, -0.1) is 11.3 Å². The fourth-order valence-electron chi connectivity index (χ4n) is 1.92. The summed E-state index contributed by atoms with van der Waals surface area (Å²) in [5.74, 6) is 0. The molecule has 1 N–H and O–H groups in total. The summed E-state index contributed by atoms with van der Waals surface area (Å²) in [4.78, 5) is 5.67. The fraction of sp³-hybridized carbons (Fsp3) is 0.0714. The first-order chi connectivity index (χ1) is 9.24. The van der Waals surface area contributed by atoms with Gasteiger partial charge >= 0.3 is 0 Å². The Labute approximate surface area is 128 Å². The van der Waals surface area contributed by atoms with Crippen molar-refractivity contribution in [3.05, 3.63) is 56.3 Å². The average molecular weight is 354 g/mol. The largest absolute Gasteiger partial charge is 0.378 e. The molecule has 0 spiro atoms. The molecule has 0 fully saturated rings. The second-order valence-electron chi connectivity index (χ2n) is 4.07. The van der Waals surface area contributed by atoms with Crippen LogP contribution in [0.2, 0.25) is 5.02 Å². The van der Waals surface area contributed by atoms with E-state index in [0.29, 0.717) is 5.02 Å². The molecule has 0 aliphatic carbocycles. The minimum absolute atomic E-state index is 0.716. The molecule has 0 radical (unpaired) electrons. The lowest BCUT2D eigenvalue weighted by Crippen LogP contribution is -1.99. The molecule has 0 aliphatic rings. The fourth-order valence-corrected chi connectivity index (χ4v) is 3.58. The van der Waals surface area contributed by atoms with Gasteiger partial charge < -0.3 is 5.32 Å². The van der Waals surface area contributed by atoms with Crippen LogP contribution in [0.4, 0.5) is 5.69 Å². The van der Waals surface area contributed by atoms with Gasteiger partial charge in [0.2, 0.25) is 0 Å². The molecule has 2 aromatic heterocycles. The molecule has 3 aromatic rings. The molecule has 3 rings (SSSR count). The van der Waals surface area contributed by atoms with E-state index in [1.165, 1.54) is 4.88 Å². The molecule has 0 unspecified atom stereocenters. The summed E-state index contributed by atoms with van der Waals surface area (Å²) in [5.41, 5.74) is 1.91. The van der Waals surface area contributed by atoms with Crippen molar-refractivity contribution in [2.45, 2.75) is 6.54 Å². The summed E-state index contributed by atoms with van der Waals surface area (Å²) >= 11 is 11.4. The van der Waals surface area contributed by atoms with Crippen LogP contribution < -0.4 is 5.32 Å². The summed E-state index contributed by atoms with van der Waals surface area (Å²) in [5, 5.41) is 7.23. The van der Waals surface area contributed by atoms with Gasteiger partial charge in [0.15, 0.2) is 0 Å². The van der Waals surface area contributed by atoms with Crippen LogP contribution in [0.25, 0.3) is 10.9 Å². The smallest absolute Gasteiger partial charge is 0.0934 e. The lowest BCUT2D eigenvalue weighted by atomic mass is 10.2. The number of anilines is 1. The van der Waals surface area contributed by atoms with Gasteiger partial charge in [-0.1, -0.05) is 17.7 Å². The summed E-state index contributed by atoms with van der Waals surface area (Å²) < 4.78 is 1.13. The first kappa shape index (κ1) is 12.9. The summed E-state index contributed by atoms with van der Waals surface area (Å²) in [6.45, 7) is 0.754. The van der Waals surface area contributed by atoms with E-state index in [1.54, 1.807) is 17.5 Å². The Balaban J connectivity index is 1.94. The SMILES string of the molecule is Clc1cc(NCc2sccc2Br)c2ncccc2c1. The van der Waals surface area contributed by atoms with Crippen molar-refractivity contribution in [2.24, 2.45) is 0 Å². The maximum Gasteiger partial charge on any atom is 0.0934 e. The third-order valence-corrected chi connectivity index (χ3v) is 4.94. The highest BCUT2D eigenvalue weighted by Crippen LogP contribution is 2.28. The molecule has 2 nitrogen and oxygen atoms in total. The van der Waals surface area contributed by atoms with E-state index in [-0.39, 0.29) is 0 Å². The lowest BCUT2D eigenvalue weighted by molar-refractivity contribution is 1.18. The van der Waals surface area contributed by atoms with Crippen LogP contribution in [-0.4, -0.2) is 4.98 Å². The highest BCUT2D eigenvalue weighted by Gasteiger charge is 2.06. The molecule has 0 bridgehead atoms.